The summed E-state index contributed by atoms with van der Waals surface area (Å²) in [6.07, 6.45) is 1.58. The van der Waals surface area contributed by atoms with Gasteiger partial charge in [-0.15, -0.1) is 11.8 Å². The lowest BCUT2D eigenvalue weighted by molar-refractivity contribution is 0.249. The molecule has 0 radical (unpaired) electrons. The maximum absolute atomic E-state index is 10.7. The van der Waals surface area contributed by atoms with E-state index < -0.39 is 6.03 Å². The highest BCUT2D eigenvalue weighted by molar-refractivity contribution is 7.98. The fourth-order valence-electron chi connectivity index (χ4n) is 2.12. The van der Waals surface area contributed by atoms with Gasteiger partial charge in [0.2, 0.25) is 0 Å². The molecule has 0 saturated heterocycles. The molecule has 0 unspecified atom stereocenters. The highest BCUT2D eigenvalue weighted by Gasteiger charge is 2.07. The Morgan fingerprint density at radius 3 is 2.71 bits per heavy atom. The van der Waals surface area contributed by atoms with Crippen LogP contribution in [0.4, 0.5) is 4.79 Å². The number of halogens is 2. The van der Waals surface area contributed by atoms with Crippen LogP contribution in [0, 0.1) is 13.8 Å². The molecule has 126 valence electrons. The number of primary amides is 1. The Morgan fingerprint density at radius 1 is 1.25 bits per heavy atom. The zero-order valence-corrected chi connectivity index (χ0v) is 15.6. The van der Waals surface area contributed by atoms with Crippen molar-refractivity contribution in [1.82, 2.24) is 5.43 Å². The SMILES string of the molecule is Cc1cc(C)c(CSc2cc(Cl)ccc2Cl)cc1/C=N\NC(N)=O. The smallest absolute Gasteiger partial charge is 0.332 e. The van der Waals surface area contributed by atoms with Crippen molar-refractivity contribution in [1.29, 1.82) is 0 Å². The molecule has 0 bridgehead atoms. The fraction of sp³-hybridized carbons (Fsp3) is 0.176. The van der Waals surface area contributed by atoms with Crippen LogP contribution in [-0.2, 0) is 5.75 Å². The molecule has 0 spiro atoms. The lowest BCUT2D eigenvalue weighted by atomic mass is 10.0. The number of benzene rings is 2. The predicted octanol–water partition coefficient (Wildman–Crippen LogP) is 4.90. The molecule has 0 aromatic heterocycles. The number of carbonyl (C=O) groups excluding carboxylic acids is 1. The minimum absolute atomic E-state index is 0.660. The fourth-order valence-corrected chi connectivity index (χ4v) is 3.68. The number of carbonyl (C=O) groups is 1. The molecule has 2 amide bonds. The number of hydrogen-bond acceptors (Lipinski definition) is 3. The molecule has 3 N–H and O–H groups in total. The average molecular weight is 382 g/mol. The van der Waals surface area contributed by atoms with Crippen molar-refractivity contribution in [3.63, 3.8) is 0 Å². The second-order valence-electron chi connectivity index (χ2n) is 5.23. The van der Waals surface area contributed by atoms with Crippen molar-refractivity contribution in [2.45, 2.75) is 24.5 Å². The summed E-state index contributed by atoms with van der Waals surface area (Å²) in [6.45, 7) is 4.05. The normalized spacial score (nSPS) is 11.0. The van der Waals surface area contributed by atoms with E-state index in [1.807, 2.05) is 19.1 Å². The summed E-state index contributed by atoms with van der Waals surface area (Å²) < 4.78 is 0. The van der Waals surface area contributed by atoms with Crippen molar-refractivity contribution in [3.8, 4) is 0 Å². The molecular weight excluding hydrogens is 365 g/mol. The van der Waals surface area contributed by atoms with Gasteiger partial charge in [-0.25, -0.2) is 10.2 Å². The van der Waals surface area contributed by atoms with Gasteiger partial charge in [0.15, 0.2) is 0 Å². The van der Waals surface area contributed by atoms with E-state index in [2.05, 4.69) is 23.5 Å². The summed E-state index contributed by atoms with van der Waals surface area (Å²) in [5.74, 6) is 0.746. The zero-order valence-electron chi connectivity index (χ0n) is 13.3. The van der Waals surface area contributed by atoms with E-state index in [1.165, 1.54) is 5.56 Å². The quantitative estimate of drug-likeness (QED) is 0.439. The first kappa shape index (κ1) is 18.6. The highest BCUT2D eigenvalue weighted by Crippen LogP contribution is 2.33. The summed E-state index contributed by atoms with van der Waals surface area (Å²) in [5.41, 5.74) is 11.5. The Morgan fingerprint density at radius 2 is 2.00 bits per heavy atom. The Labute approximate surface area is 155 Å². The van der Waals surface area contributed by atoms with E-state index in [-0.39, 0.29) is 0 Å². The summed E-state index contributed by atoms with van der Waals surface area (Å²) >= 11 is 13.8. The number of nitrogens with one attached hydrogen (secondary N) is 1. The molecule has 2 aromatic carbocycles. The Balaban J connectivity index is 2.19. The molecule has 7 heteroatoms. The van der Waals surface area contributed by atoms with Gasteiger partial charge in [-0.05, 0) is 60.4 Å². The molecule has 0 fully saturated rings. The first-order valence-corrected chi connectivity index (χ1v) is 8.87. The van der Waals surface area contributed by atoms with Gasteiger partial charge in [0.05, 0.1) is 11.2 Å². The number of thioether (sulfide) groups is 1. The van der Waals surface area contributed by atoms with Crippen molar-refractivity contribution in [2.24, 2.45) is 10.8 Å². The van der Waals surface area contributed by atoms with Crippen LogP contribution in [0.15, 0.2) is 40.3 Å². The van der Waals surface area contributed by atoms with E-state index in [0.717, 1.165) is 27.3 Å². The third kappa shape index (κ3) is 5.16. The maximum Gasteiger partial charge on any atom is 0.332 e. The number of nitrogens with two attached hydrogens (primary N) is 1. The van der Waals surface area contributed by atoms with Crippen molar-refractivity contribution in [3.05, 3.63) is 62.6 Å². The summed E-state index contributed by atoms with van der Waals surface area (Å²) in [5, 5.41) is 5.16. The van der Waals surface area contributed by atoms with Gasteiger partial charge in [-0.3, -0.25) is 0 Å². The van der Waals surface area contributed by atoms with Crippen LogP contribution in [-0.4, -0.2) is 12.2 Å². The minimum atomic E-state index is -0.692. The van der Waals surface area contributed by atoms with Gasteiger partial charge in [0.1, 0.15) is 0 Å². The molecule has 0 atom stereocenters. The first-order valence-electron chi connectivity index (χ1n) is 7.13. The van der Waals surface area contributed by atoms with Crippen molar-refractivity contribution < 1.29 is 4.79 Å². The van der Waals surface area contributed by atoms with Crippen LogP contribution < -0.4 is 11.2 Å². The Kier molecular flexibility index (Phi) is 6.54. The lowest BCUT2D eigenvalue weighted by Crippen LogP contribution is -2.24. The molecule has 2 aromatic rings. The summed E-state index contributed by atoms with van der Waals surface area (Å²) in [6, 6.07) is 8.86. The number of amides is 2. The molecular formula is C17H17Cl2N3OS. The van der Waals surface area contributed by atoms with Crippen LogP contribution in [0.2, 0.25) is 10.0 Å². The predicted molar refractivity (Wildman–Crippen MR) is 102 cm³/mol. The van der Waals surface area contributed by atoms with Gasteiger partial charge in [-0.1, -0.05) is 29.3 Å². The monoisotopic (exact) mass is 381 g/mol. The second-order valence-corrected chi connectivity index (χ2v) is 7.09. The Bertz CT molecular complexity index is 794. The number of aryl methyl sites for hydroxylation is 2. The average Bonchev–Trinajstić information content (AvgIpc) is 2.51. The van der Waals surface area contributed by atoms with E-state index in [9.17, 15) is 4.79 Å². The van der Waals surface area contributed by atoms with Crippen LogP contribution in [0.25, 0.3) is 0 Å². The van der Waals surface area contributed by atoms with E-state index in [1.54, 1.807) is 30.1 Å². The number of urea groups is 1. The standard InChI is InChI=1S/C17H17Cl2N3OS/c1-10-5-11(2)13(6-12(10)8-21-22-17(20)23)9-24-16-7-14(18)3-4-15(16)19/h3-8H,9H2,1-2H3,(H3,20,22,23)/b21-8-. The molecule has 0 aliphatic heterocycles. The molecule has 0 heterocycles. The number of nitrogens with zero attached hydrogens (tertiary/aromatic N) is 1. The number of hydrazone groups is 1. The van der Waals surface area contributed by atoms with Gasteiger partial charge in [0.25, 0.3) is 0 Å². The van der Waals surface area contributed by atoms with Crippen LogP contribution in [0.5, 0.6) is 0 Å². The number of hydrogen-bond donors (Lipinski definition) is 2. The largest absolute Gasteiger partial charge is 0.350 e. The van der Waals surface area contributed by atoms with Crippen LogP contribution in [0.1, 0.15) is 22.3 Å². The molecule has 0 aliphatic carbocycles. The second kappa shape index (κ2) is 8.42. The van der Waals surface area contributed by atoms with E-state index in [4.69, 9.17) is 28.9 Å². The van der Waals surface area contributed by atoms with Gasteiger partial charge < -0.3 is 5.73 Å². The highest BCUT2D eigenvalue weighted by atomic mass is 35.5. The van der Waals surface area contributed by atoms with Gasteiger partial charge in [-0.2, -0.15) is 5.10 Å². The zero-order chi connectivity index (χ0) is 17.7. The Hall–Kier alpha value is -1.69. The summed E-state index contributed by atoms with van der Waals surface area (Å²) in [7, 11) is 0. The van der Waals surface area contributed by atoms with E-state index >= 15 is 0 Å². The van der Waals surface area contributed by atoms with Crippen molar-refractivity contribution >= 4 is 47.2 Å². The lowest BCUT2D eigenvalue weighted by Gasteiger charge is -2.11. The van der Waals surface area contributed by atoms with Gasteiger partial charge in [0, 0.05) is 15.7 Å². The molecule has 0 saturated carbocycles. The molecule has 24 heavy (non-hydrogen) atoms. The van der Waals surface area contributed by atoms with Crippen LogP contribution >= 0.6 is 35.0 Å². The molecule has 2 rings (SSSR count). The van der Waals surface area contributed by atoms with Gasteiger partial charge >= 0.3 is 6.03 Å². The minimum Gasteiger partial charge on any atom is -0.350 e. The summed E-state index contributed by atoms with van der Waals surface area (Å²) in [4.78, 5) is 11.6. The number of rotatable bonds is 5. The van der Waals surface area contributed by atoms with Crippen molar-refractivity contribution in [2.75, 3.05) is 0 Å². The van der Waals surface area contributed by atoms with Crippen LogP contribution in [0.3, 0.4) is 0 Å². The maximum atomic E-state index is 10.7. The third-order valence-corrected chi connectivity index (χ3v) is 5.16. The molecule has 4 nitrogen and oxygen atoms in total. The first-order chi connectivity index (χ1) is 11.4. The molecule has 0 aliphatic rings. The third-order valence-electron chi connectivity index (χ3n) is 3.38. The van der Waals surface area contributed by atoms with E-state index in [0.29, 0.717) is 10.0 Å². The topological polar surface area (TPSA) is 67.5 Å².